The summed E-state index contributed by atoms with van der Waals surface area (Å²) in [6, 6.07) is 10.7. The molecule has 1 heterocycles. The van der Waals surface area contributed by atoms with Gasteiger partial charge in [-0.25, -0.2) is 4.98 Å². The van der Waals surface area contributed by atoms with E-state index >= 15 is 0 Å². The first-order valence-corrected chi connectivity index (χ1v) is 12.2. The van der Waals surface area contributed by atoms with E-state index < -0.39 is 0 Å². The zero-order valence-corrected chi connectivity index (χ0v) is 19.7. The second-order valence-electron chi connectivity index (χ2n) is 9.47. The molecule has 2 aliphatic carbocycles. The molecule has 2 N–H and O–H groups in total. The highest BCUT2D eigenvalue weighted by molar-refractivity contribution is 5.83. The molecule has 2 aliphatic rings. The molecule has 2 aromatic rings. The molecule has 1 atom stereocenters. The fraction of sp³-hybridized carbons (Fsp3) is 0.577. The van der Waals surface area contributed by atoms with Gasteiger partial charge in [0.2, 0.25) is 11.9 Å². The standard InChI is InChI=1S/C26H37N5O/c1-4-21(18-10-6-5-7-11-18)25(32)27-19-14-16-20(17-15-19)28-26-29-23-13-9-8-12-22(23)24(30-26)31(2)3/h5-7,10-11,19-21H,4,8-9,12-17H2,1-3H3,(H,27,32)(H,28,29,30). The second-order valence-corrected chi connectivity index (χ2v) is 9.47. The number of hydrogen-bond acceptors (Lipinski definition) is 5. The van der Waals surface area contributed by atoms with E-state index in [0.29, 0.717) is 6.04 Å². The van der Waals surface area contributed by atoms with Crippen LogP contribution in [0, 0.1) is 0 Å². The van der Waals surface area contributed by atoms with Gasteiger partial charge in [-0.2, -0.15) is 4.98 Å². The van der Waals surface area contributed by atoms with Crippen LogP contribution in [-0.4, -0.2) is 42.1 Å². The minimum absolute atomic E-state index is 0.0691. The Kier molecular flexibility index (Phi) is 7.28. The predicted molar refractivity (Wildman–Crippen MR) is 130 cm³/mol. The van der Waals surface area contributed by atoms with Crippen LogP contribution in [0.3, 0.4) is 0 Å². The summed E-state index contributed by atoms with van der Waals surface area (Å²) < 4.78 is 0. The largest absolute Gasteiger partial charge is 0.362 e. The summed E-state index contributed by atoms with van der Waals surface area (Å²) in [7, 11) is 4.13. The van der Waals surface area contributed by atoms with E-state index in [9.17, 15) is 4.79 Å². The van der Waals surface area contributed by atoms with E-state index in [1.54, 1.807) is 0 Å². The van der Waals surface area contributed by atoms with E-state index in [1.807, 2.05) is 18.2 Å². The van der Waals surface area contributed by atoms with Gasteiger partial charge in [0.05, 0.1) is 11.6 Å². The molecule has 0 bridgehead atoms. The van der Waals surface area contributed by atoms with Crippen molar-refractivity contribution in [3.63, 3.8) is 0 Å². The first kappa shape index (κ1) is 22.6. The Morgan fingerprint density at radius 1 is 1.03 bits per heavy atom. The lowest BCUT2D eigenvalue weighted by atomic mass is 9.89. The van der Waals surface area contributed by atoms with E-state index in [2.05, 4.69) is 48.7 Å². The molecular formula is C26H37N5O. The van der Waals surface area contributed by atoms with Crippen molar-refractivity contribution in [1.82, 2.24) is 15.3 Å². The smallest absolute Gasteiger partial charge is 0.227 e. The Bertz CT molecular complexity index is 906. The van der Waals surface area contributed by atoms with Crippen LogP contribution in [0.15, 0.2) is 30.3 Å². The number of benzene rings is 1. The summed E-state index contributed by atoms with van der Waals surface area (Å²) in [6.07, 6.45) is 9.39. The van der Waals surface area contributed by atoms with Gasteiger partial charge in [-0.15, -0.1) is 0 Å². The number of aryl methyl sites for hydroxylation is 1. The van der Waals surface area contributed by atoms with Crippen molar-refractivity contribution < 1.29 is 4.79 Å². The van der Waals surface area contributed by atoms with E-state index in [4.69, 9.17) is 9.97 Å². The Morgan fingerprint density at radius 3 is 2.41 bits per heavy atom. The number of rotatable bonds is 7. The lowest BCUT2D eigenvalue weighted by molar-refractivity contribution is -0.123. The highest BCUT2D eigenvalue weighted by atomic mass is 16.1. The van der Waals surface area contributed by atoms with Crippen molar-refractivity contribution in [2.45, 2.75) is 82.7 Å². The quantitative estimate of drug-likeness (QED) is 0.672. The van der Waals surface area contributed by atoms with Crippen LogP contribution >= 0.6 is 0 Å². The topological polar surface area (TPSA) is 70.2 Å². The average molecular weight is 436 g/mol. The van der Waals surface area contributed by atoms with Gasteiger partial charge in [0.15, 0.2) is 0 Å². The van der Waals surface area contributed by atoms with Gasteiger partial charge >= 0.3 is 0 Å². The van der Waals surface area contributed by atoms with Gasteiger partial charge < -0.3 is 15.5 Å². The van der Waals surface area contributed by atoms with Crippen molar-refractivity contribution >= 4 is 17.7 Å². The molecule has 1 fully saturated rings. The molecule has 0 saturated heterocycles. The summed E-state index contributed by atoms with van der Waals surface area (Å²) >= 11 is 0. The summed E-state index contributed by atoms with van der Waals surface area (Å²) in [4.78, 5) is 24.7. The molecule has 1 aromatic heterocycles. The Labute approximate surface area is 192 Å². The molecule has 4 rings (SSSR count). The lowest BCUT2D eigenvalue weighted by Crippen LogP contribution is -2.42. The maximum atomic E-state index is 12.9. The molecule has 172 valence electrons. The van der Waals surface area contributed by atoms with Crippen LogP contribution in [0.1, 0.15) is 74.6 Å². The predicted octanol–water partition coefficient (Wildman–Crippen LogP) is 4.45. The second kappa shape index (κ2) is 10.3. The number of carbonyl (C=O) groups is 1. The van der Waals surface area contributed by atoms with Gasteiger partial charge in [-0.3, -0.25) is 4.79 Å². The number of hydrogen-bond donors (Lipinski definition) is 2. The third-order valence-electron chi connectivity index (χ3n) is 6.92. The first-order valence-electron chi connectivity index (χ1n) is 12.2. The molecule has 0 radical (unpaired) electrons. The normalized spacial score (nSPS) is 21.3. The zero-order chi connectivity index (χ0) is 22.5. The summed E-state index contributed by atoms with van der Waals surface area (Å²) in [5.41, 5.74) is 3.64. The molecule has 32 heavy (non-hydrogen) atoms. The SMILES string of the molecule is CCC(C(=O)NC1CCC(Nc2nc3c(c(N(C)C)n2)CCCC3)CC1)c1ccccc1. The van der Waals surface area contributed by atoms with Crippen molar-refractivity contribution in [3.8, 4) is 0 Å². The van der Waals surface area contributed by atoms with Crippen LogP contribution in [-0.2, 0) is 17.6 Å². The molecule has 6 heteroatoms. The van der Waals surface area contributed by atoms with Crippen molar-refractivity contribution in [2.75, 3.05) is 24.3 Å². The number of fused-ring (bicyclic) bond motifs is 1. The highest BCUT2D eigenvalue weighted by Gasteiger charge is 2.27. The number of amides is 1. The summed E-state index contributed by atoms with van der Waals surface area (Å²) in [6.45, 7) is 2.08. The van der Waals surface area contributed by atoms with E-state index in [1.165, 1.54) is 24.1 Å². The molecule has 6 nitrogen and oxygen atoms in total. The molecule has 1 aromatic carbocycles. The van der Waals surface area contributed by atoms with Crippen LogP contribution in [0.25, 0.3) is 0 Å². The van der Waals surface area contributed by atoms with Crippen molar-refractivity contribution in [1.29, 1.82) is 0 Å². The number of nitrogens with one attached hydrogen (secondary N) is 2. The van der Waals surface area contributed by atoms with Crippen LogP contribution in [0.2, 0.25) is 0 Å². The lowest BCUT2D eigenvalue weighted by Gasteiger charge is -2.31. The van der Waals surface area contributed by atoms with Crippen molar-refractivity contribution in [2.24, 2.45) is 0 Å². The zero-order valence-electron chi connectivity index (χ0n) is 19.7. The third-order valence-corrected chi connectivity index (χ3v) is 6.92. The fourth-order valence-corrected chi connectivity index (χ4v) is 5.13. The molecule has 0 spiro atoms. The summed E-state index contributed by atoms with van der Waals surface area (Å²) in [5, 5.41) is 6.91. The molecular weight excluding hydrogens is 398 g/mol. The van der Waals surface area contributed by atoms with Crippen LogP contribution < -0.4 is 15.5 Å². The van der Waals surface area contributed by atoms with Gasteiger partial charge in [0, 0.05) is 31.7 Å². The Hall–Kier alpha value is -2.63. The number of carbonyl (C=O) groups excluding carboxylic acids is 1. The monoisotopic (exact) mass is 435 g/mol. The average Bonchev–Trinajstić information content (AvgIpc) is 2.81. The minimum Gasteiger partial charge on any atom is -0.362 e. The maximum absolute atomic E-state index is 12.9. The van der Waals surface area contributed by atoms with E-state index in [-0.39, 0.29) is 17.9 Å². The number of nitrogens with zero attached hydrogens (tertiary/aromatic N) is 3. The molecule has 1 unspecified atom stereocenters. The van der Waals surface area contributed by atoms with Crippen LogP contribution in [0.5, 0.6) is 0 Å². The minimum atomic E-state index is -0.0691. The third kappa shape index (κ3) is 5.22. The Morgan fingerprint density at radius 2 is 1.72 bits per heavy atom. The molecule has 0 aliphatic heterocycles. The van der Waals surface area contributed by atoms with Crippen LogP contribution in [0.4, 0.5) is 11.8 Å². The first-order chi connectivity index (χ1) is 15.5. The molecule has 1 saturated carbocycles. The fourth-order valence-electron chi connectivity index (χ4n) is 5.13. The van der Waals surface area contributed by atoms with Gasteiger partial charge in [0.1, 0.15) is 5.82 Å². The van der Waals surface area contributed by atoms with Gasteiger partial charge in [0.25, 0.3) is 0 Å². The molecule has 1 amide bonds. The number of anilines is 2. The summed E-state index contributed by atoms with van der Waals surface area (Å²) in [5.74, 6) is 1.91. The maximum Gasteiger partial charge on any atom is 0.227 e. The highest BCUT2D eigenvalue weighted by Crippen LogP contribution is 2.29. The van der Waals surface area contributed by atoms with Gasteiger partial charge in [-0.05, 0) is 63.4 Å². The Balaban J connectivity index is 1.33. The van der Waals surface area contributed by atoms with Crippen molar-refractivity contribution in [3.05, 3.63) is 47.2 Å². The van der Waals surface area contributed by atoms with E-state index in [0.717, 1.165) is 62.3 Å². The number of aromatic nitrogens is 2. The van der Waals surface area contributed by atoms with Gasteiger partial charge in [-0.1, -0.05) is 37.3 Å².